The summed E-state index contributed by atoms with van der Waals surface area (Å²) >= 11 is 0. The lowest BCUT2D eigenvalue weighted by Gasteiger charge is -2.05. The molecule has 0 bridgehead atoms. The Morgan fingerprint density at radius 2 is 2.12 bits per heavy atom. The molecular formula is C11H14FN5. The molecule has 17 heavy (non-hydrogen) atoms. The van der Waals surface area contributed by atoms with E-state index < -0.39 is 5.82 Å². The van der Waals surface area contributed by atoms with Crippen molar-refractivity contribution in [1.29, 1.82) is 0 Å². The van der Waals surface area contributed by atoms with E-state index in [1.54, 1.807) is 0 Å². The smallest absolute Gasteiger partial charge is 0.222 e. The van der Waals surface area contributed by atoms with Gasteiger partial charge in [0.25, 0.3) is 0 Å². The first-order valence-corrected chi connectivity index (χ1v) is 5.38. The summed E-state index contributed by atoms with van der Waals surface area (Å²) in [6.07, 6.45) is 1.90. The number of nitrogens with zero attached hydrogens (tertiary/aromatic N) is 4. The van der Waals surface area contributed by atoms with Gasteiger partial charge in [-0.25, -0.2) is 14.1 Å². The van der Waals surface area contributed by atoms with Crippen molar-refractivity contribution >= 4 is 5.95 Å². The average Bonchev–Trinajstić information content (AvgIpc) is 2.57. The molecule has 0 aliphatic heterocycles. The molecule has 2 aromatic rings. The SMILES string of the molecule is CCc1c(C)nn(-c2nc(N)ncc2F)c1C. The van der Waals surface area contributed by atoms with Crippen LogP contribution in [-0.2, 0) is 6.42 Å². The third kappa shape index (κ3) is 1.86. The van der Waals surface area contributed by atoms with Crippen molar-refractivity contribution in [3.63, 3.8) is 0 Å². The van der Waals surface area contributed by atoms with Crippen LogP contribution in [0.3, 0.4) is 0 Å². The molecule has 0 radical (unpaired) electrons. The summed E-state index contributed by atoms with van der Waals surface area (Å²) in [5.74, 6) is -0.405. The molecule has 0 fully saturated rings. The maximum absolute atomic E-state index is 13.6. The van der Waals surface area contributed by atoms with E-state index in [0.717, 1.165) is 29.6 Å². The highest BCUT2D eigenvalue weighted by Gasteiger charge is 2.15. The van der Waals surface area contributed by atoms with E-state index in [2.05, 4.69) is 15.1 Å². The maximum atomic E-state index is 13.6. The number of nitrogens with two attached hydrogens (primary N) is 1. The van der Waals surface area contributed by atoms with Gasteiger partial charge in [0, 0.05) is 5.69 Å². The molecule has 90 valence electrons. The van der Waals surface area contributed by atoms with Gasteiger partial charge < -0.3 is 5.73 Å². The predicted molar refractivity (Wildman–Crippen MR) is 62.4 cm³/mol. The highest BCUT2D eigenvalue weighted by Crippen LogP contribution is 2.18. The summed E-state index contributed by atoms with van der Waals surface area (Å²) in [6.45, 7) is 5.81. The lowest BCUT2D eigenvalue weighted by molar-refractivity contribution is 0.590. The molecule has 0 aliphatic carbocycles. The van der Waals surface area contributed by atoms with Crippen LogP contribution in [-0.4, -0.2) is 19.7 Å². The minimum Gasteiger partial charge on any atom is -0.368 e. The third-order valence-corrected chi connectivity index (χ3v) is 2.74. The summed E-state index contributed by atoms with van der Waals surface area (Å²) in [7, 11) is 0. The molecule has 0 saturated carbocycles. The fourth-order valence-electron chi connectivity index (χ4n) is 1.91. The van der Waals surface area contributed by atoms with Crippen LogP contribution < -0.4 is 5.73 Å². The summed E-state index contributed by atoms with van der Waals surface area (Å²) in [5.41, 5.74) is 8.31. The number of anilines is 1. The molecule has 2 rings (SSSR count). The van der Waals surface area contributed by atoms with Gasteiger partial charge in [-0.1, -0.05) is 6.92 Å². The standard InChI is InChI=1S/C11H14FN5/c1-4-8-6(2)16-17(7(8)3)10-9(12)5-14-11(13)15-10/h5H,4H2,1-3H3,(H2,13,14,15). The van der Waals surface area contributed by atoms with Crippen molar-refractivity contribution in [1.82, 2.24) is 19.7 Å². The highest BCUT2D eigenvalue weighted by molar-refractivity contribution is 5.35. The largest absolute Gasteiger partial charge is 0.368 e. The van der Waals surface area contributed by atoms with E-state index in [1.807, 2.05) is 20.8 Å². The zero-order valence-corrected chi connectivity index (χ0v) is 10.0. The molecule has 0 spiro atoms. The minimum atomic E-state index is -0.535. The summed E-state index contributed by atoms with van der Waals surface area (Å²) in [6, 6.07) is 0. The van der Waals surface area contributed by atoms with Gasteiger partial charge >= 0.3 is 0 Å². The molecule has 5 nitrogen and oxygen atoms in total. The van der Waals surface area contributed by atoms with Crippen LogP contribution in [0.1, 0.15) is 23.9 Å². The lowest BCUT2D eigenvalue weighted by atomic mass is 10.1. The number of hydrogen-bond acceptors (Lipinski definition) is 4. The molecule has 2 aromatic heterocycles. The number of aryl methyl sites for hydroxylation is 1. The second kappa shape index (κ2) is 4.12. The van der Waals surface area contributed by atoms with Crippen LogP contribution in [0, 0.1) is 19.7 Å². The molecule has 6 heteroatoms. The fourth-order valence-corrected chi connectivity index (χ4v) is 1.91. The Kier molecular flexibility index (Phi) is 2.79. The molecule has 2 N–H and O–H groups in total. The van der Waals surface area contributed by atoms with Crippen LogP contribution in [0.15, 0.2) is 6.20 Å². The van der Waals surface area contributed by atoms with E-state index in [4.69, 9.17) is 5.73 Å². The van der Waals surface area contributed by atoms with Gasteiger partial charge in [-0.2, -0.15) is 10.1 Å². The Labute approximate surface area is 98.5 Å². The van der Waals surface area contributed by atoms with Crippen molar-refractivity contribution in [3.8, 4) is 5.82 Å². The molecule has 0 unspecified atom stereocenters. The van der Waals surface area contributed by atoms with Crippen LogP contribution in [0.5, 0.6) is 0 Å². The number of hydrogen-bond donors (Lipinski definition) is 1. The van der Waals surface area contributed by atoms with Crippen molar-refractivity contribution in [3.05, 3.63) is 29.0 Å². The predicted octanol–water partition coefficient (Wildman–Crippen LogP) is 1.56. The van der Waals surface area contributed by atoms with E-state index in [1.165, 1.54) is 4.68 Å². The number of nitrogen functional groups attached to an aromatic ring is 1. The third-order valence-electron chi connectivity index (χ3n) is 2.74. The molecule has 0 aliphatic rings. The second-order valence-electron chi connectivity index (χ2n) is 3.81. The fraction of sp³-hybridized carbons (Fsp3) is 0.364. The van der Waals surface area contributed by atoms with Gasteiger partial charge in [-0.05, 0) is 25.8 Å². The number of halogens is 1. The van der Waals surface area contributed by atoms with Gasteiger partial charge in [-0.3, -0.25) is 0 Å². The zero-order valence-electron chi connectivity index (χ0n) is 10.0. The van der Waals surface area contributed by atoms with Crippen LogP contribution >= 0.6 is 0 Å². The summed E-state index contributed by atoms with van der Waals surface area (Å²) in [5, 5.41) is 4.28. The Morgan fingerprint density at radius 3 is 2.71 bits per heavy atom. The zero-order chi connectivity index (χ0) is 12.6. The molecular weight excluding hydrogens is 221 g/mol. The van der Waals surface area contributed by atoms with Crippen LogP contribution in [0.4, 0.5) is 10.3 Å². The van der Waals surface area contributed by atoms with E-state index in [9.17, 15) is 4.39 Å². The Balaban J connectivity index is 2.64. The monoisotopic (exact) mass is 235 g/mol. The van der Waals surface area contributed by atoms with Crippen LogP contribution in [0.25, 0.3) is 5.82 Å². The van der Waals surface area contributed by atoms with Crippen molar-refractivity contribution in [2.75, 3.05) is 5.73 Å². The van der Waals surface area contributed by atoms with Crippen molar-refractivity contribution < 1.29 is 4.39 Å². The Bertz CT molecular complexity index is 561. The summed E-state index contributed by atoms with van der Waals surface area (Å²) < 4.78 is 15.1. The topological polar surface area (TPSA) is 69.6 Å². The summed E-state index contributed by atoms with van der Waals surface area (Å²) in [4.78, 5) is 7.48. The quantitative estimate of drug-likeness (QED) is 0.857. The van der Waals surface area contributed by atoms with Gasteiger partial charge in [0.15, 0.2) is 11.6 Å². The van der Waals surface area contributed by atoms with Gasteiger partial charge in [-0.15, -0.1) is 0 Å². The first-order chi connectivity index (χ1) is 8.04. The Morgan fingerprint density at radius 1 is 1.41 bits per heavy atom. The Hall–Kier alpha value is -1.98. The minimum absolute atomic E-state index is 0.0343. The van der Waals surface area contributed by atoms with Gasteiger partial charge in [0.05, 0.1) is 11.9 Å². The number of aromatic nitrogens is 4. The molecule has 0 saturated heterocycles. The first-order valence-electron chi connectivity index (χ1n) is 5.38. The molecule has 0 aromatic carbocycles. The highest BCUT2D eigenvalue weighted by atomic mass is 19.1. The van der Waals surface area contributed by atoms with E-state index in [-0.39, 0.29) is 11.8 Å². The molecule has 2 heterocycles. The maximum Gasteiger partial charge on any atom is 0.222 e. The molecule has 0 atom stereocenters. The first kappa shape index (κ1) is 11.5. The van der Waals surface area contributed by atoms with Gasteiger partial charge in [0.1, 0.15) is 0 Å². The average molecular weight is 235 g/mol. The van der Waals surface area contributed by atoms with Crippen LogP contribution in [0.2, 0.25) is 0 Å². The second-order valence-corrected chi connectivity index (χ2v) is 3.81. The lowest BCUT2D eigenvalue weighted by Crippen LogP contribution is -2.08. The molecule has 0 amide bonds. The van der Waals surface area contributed by atoms with Gasteiger partial charge in [0.2, 0.25) is 5.95 Å². The number of rotatable bonds is 2. The van der Waals surface area contributed by atoms with Crippen molar-refractivity contribution in [2.24, 2.45) is 0 Å². The normalized spacial score (nSPS) is 10.8. The van der Waals surface area contributed by atoms with Crippen molar-refractivity contribution in [2.45, 2.75) is 27.2 Å². The van der Waals surface area contributed by atoms with E-state index >= 15 is 0 Å². The van der Waals surface area contributed by atoms with E-state index in [0.29, 0.717) is 0 Å².